The van der Waals surface area contributed by atoms with Gasteiger partial charge in [-0.25, -0.2) is 9.97 Å². The first-order chi connectivity index (χ1) is 14.0. The monoisotopic (exact) mass is 392 g/mol. The molecule has 3 aromatic heterocycles. The quantitative estimate of drug-likeness (QED) is 0.647. The Bertz CT molecular complexity index is 1050. The van der Waals surface area contributed by atoms with E-state index in [0.717, 1.165) is 29.8 Å². The maximum absolute atomic E-state index is 12.8. The van der Waals surface area contributed by atoms with Crippen LogP contribution < -0.4 is 5.32 Å². The van der Waals surface area contributed by atoms with Gasteiger partial charge in [-0.15, -0.1) is 0 Å². The molecule has 1 amide bonds. The SMILES string of the molecule is Cc1nc(Nc2cc(C)[nH]n2)cc([C@H]2CCCN2C(=O)/C=C/c2cnn(C)c2)n1. The lowest BCUT2D eigenvalue weighted by Gasteiger charge is -2.23. The number of rotatable bonds is 5. The van der Waals surface area contributed by atoms with Crippen molar-refractivity contribution < 1.29 is 4.79 Å². The van der Waals surface area contributed by atoms with E-state index in [0.29, 0.717) is 24.0 Å². The molecular formula is C20H24N8O. The second kappa shape index (κ2) is 7.86. The molecule has 1 aliphatic rings. The van der Waals surface area contributed by atoms with Crippen molar-refractivity contribution in [3.8, 4) is 0 Å². The van der Waals surface area contributed by atoms with Gasteiger partial charge in [0.15, 0.2) is 5.82 Å². The molecule has 0 radical (unpaired) electrons. The Labute approximate surface area is 168 Å². The van der Waals surface area contributed by atoms with Gasteiger partial charge in [0.25, 0.3) is 0 Å². The molecule has 9 nitrogen and oxygen atoms in total. The highest BCUT2D eigenvalue weighted by Gasteiger charge is 2.30. The van der Waals surface area contributed by atoms with E-state index in [2.05, 4.69) is 30.6 Å². The van der Waals surface area contributed by atoms with Gasteiger partial charge in [0.2, 0.25) is 5.91 Å². The molecule has 0 spiro atoms. The van der Waals surface area contributed by atoms with E-state index in [-0.39, 0.29) is 11.9 Å². The number of nitrogens with zero attached hydrogens (tertiary/aromatic N) is 6. The van der Waals surface area contributed by atoms with Gasteiger partial charge in [-0.05, 0) is 32.8 Å². The second-order valence-corrected chi connectivity index (χ2v) is 7.26. The Morgan fingerprint density at radius 1 is 1.28 bits per heavy atom. The first-order valence-corrected chi connectivity index (χ1v) is 9.60. The third-order valence-electron chi connectivity index (χ3n) is 4.84. The highest BCUT2D eigenvalue weighted by Crippen LogP contribution is 2.32. The number of hydrogen-bond acceptors (Lipinski definition) is 6. The number of likely N-dealkylation sites (tertiary alicyclic amines) is 1. The maximum Gasteiger partial charge on any atom is 0.247 e. The average Bonchev–Trinajstić information content (AvgIpc) is 3.41. The molecule has 1 fully saturated rings. The van der Waals surface area contributed by atoms with Crippen molar-refractivity contribution in [2.45, 2.75) is 32.7 Å². The molecular weight excluding hydrogens is 368 g/mol. The van der Waals surface area contributed by atoms with Crippen LogP contribution in [-0.2, 0) is 11.8 Å². The summed E-state index contributed by atoms with van der Waals surface area (Å²) in [5, 5.41) is 14.4. The minimum Gasteiger partial charge on any atom is -0.331 e. The van der Waals surface area contributed by atoms with Crippen LogP contribution in [0.2, 0.25) is 0 Å². The number of H-pyrrole nitrogens is 1. The standard InChI is InChI=1S/C20H24N8O/c1-13-9-19(26-25-13)24-18-10-16(22-14(2)23-18)17-5-4-8-28(17)20(29)7-6-15-11-21-27(3)12-15/h6-7,9-12,17H,4-5,8H2,1-3H3,(H2,22,23,24,25,26)/b7-6+/t17-/m1/s1. The fourth-order valence-electron chi connectivity index (χ4n) is 3.57. The Kier molecular flexibility index (Phi) is 5.11. The molecule has 0 unspecified atom stereocenters. The molecule has 9 heteroatoms. The number of carbonyl (C=O) groups excluding carboxylic acids is 1. The van der Waals surface area contributed by atoms with Gasteiger partial charge in [0.05, 0.1) is 17.9 Å². The lowest BCUT2D eigenvalue weighted by molar-refractivity contribution is -0.126. The average molecular weight is 392 g/mol. The summed E-state index contributed by atoms with van der Waals surface area (Å²) < 4.78 is 1.71. The smallest absolute Gasteiger partial charge is 0.247 e. The molecule has 2 N–H and O–H groups in total. The van der Waals surface area contributed by atoms with Gasteiger partial charge in [-0.2, -0.15) is 10.2 Å². The summed E-state index contributed by atoms with van der Waals surface area (Å²) >= 11 is 0. The Balaban J connectivity index is 1.53. The summed E-state index contributed by atoms with van der Waals surface area (Å²) in [7, 11) is 1.85. The number of anilines is 2. The number of aryl methyl sites for hydroxylation is 3. The van der Waals surface area contributed by atoms with Gasteiger partial charge in [-0.1, -0.05) is 0 Å². The molecule has 3 aromatic rings. The van der Waals surface area contributed by atoms with Crippen molar-refractivity contribution in [2.24, 2.45) is 7.05 Å². The van der Waals surface area contributed by atoms with Gasteiger partial charge in [-0.3, -0.25) is 14.6 Å². The van der Waals surface area contributed by atoms with Crippen LogP contribution in [0.1, 0.15) is 41.7 Å². The zero-order chi connectivity index (χ0) is 20.4. The van der Waals surface area contributed by atoms with Gasteiger partial charge in [0.1, 0.15) is 11.6 Å². The summed E-state index contributed by atoms with van der Waals surface area (Å²) in [6, 6.07) is 3.74. The fraction of sp³-hybridized carbons (Fsp3) is 0.350. The van der Waals surface area contributed by atoms with E-state index < -0.39 is 0 Å². The zero-order valence-electron chi connectivity index (χ0n) is 16.8. The van der Waals surface area contributed by atoms with E-state index in [1.54, 1.807) is 23.0 Å². The predicted octanol–water partition coefficient (Wildman–Crippen LogP) is 2.67. The number of hydrogen-bond donors (Lipinski definition) is 2. The first-order valence-electron chi connectivity index (χ1n) is 9.60. The summed E-state index contributed by atoms with van der Waals surface area (Å²) in [5.74, 6) is 2.00. The molecule has 0 aliphatic carbocycles. The third-order valence-corrected chi connectivity index (χ3v) is 4.84. The highest BCUT2D eigenvalue weighted by molar-refractivity contribution is 5.92. The Hall–Kier alpha value is -3.49. The molecule has 1 atom stereocenters. The second-order valence-electron chi connectivity index (χ2n) is 7.26. The van der Waals surface area contributed by atoms with E-state index in [1.165, 1.54) is 0 Å². The summed E-state index contributed by atoms with van der Waals surface area (Å²) in [4.78, 5) is 23.7. The molecule has 0 bridgehead atoms. The number of carbonyl (C=O) groups is 1. The summed E-state index contributed by atoms with van der Waals surface area (Å²) in [6.45, 7) is 4.51. The molecule has 1 aliphatic heterocycles. The number of amides is 1. The number of nitrogens with one attached hydrogen (secondary N) is 2. The van der Waals surface area contributed by atoms with Crippen molar-refractivity contribution >= 4 is 23.6 Å². The van der Waals surface area contributed by atoms with Crippen LogP contribution in [0.5, 0.6) is 0 Å². The fourth-order valence-corrected chi connectivity index (χ4v) is 3.57. The van der Waals surface area contributed by atoms with Gasteiger partial charge >= 0.3 is 0 Å². The predicted molar refractivity (Wildman–Crippen MR) is 109 cm³/mol. The van der Waals surface area contributed by atoms with Crippen molar-refractivity contribution in [1.82, 2.24) is 34.8 Å². The van der Waals surface area contributed by atoms with Crippen LogP contribution in [0.15, 0.2) is 30.6 Å². The molecule has 0 saturated carbocycles. The van der Waals surface area contributed by atoms with Crippen LogP contribution in [0.25, 0.3) is 6.08 Å². The van der Waals surface area contributed by atoms with Crippen LogP contribution >= 0.6 is 0 Å². The van der Waals surface area contributed by atoms with E-state index in [9.17, 15) is 4.79 Å². The Morgan fingerprint density at radius 2 is 2.14 bits per heavy atom. The first kappa shape index (κ1) is 18.9. The molecule has 4 rings (SSSR count). The lowest BCUT2D eigenvalue weighted by atomic mass is 10.1. The zero-order valence-corrected chi connectivity index (χ0v) is 16.8. The van der Waals surface area contributed by atoms with E-state index >= 15 is 0 Å². The van der Waals surface area contributed by atoms with Crippen LogP contribution in [0, 0.1) is 13.8 Å². The summed E-state index contributed by atoms with van der Waals surface area (Å²) in [5.41, 5.74) is 2.70. The normalized spacial score (nSPS) is 16.7. The van der Waals surface area contributed by atoms with Crippen molar-refractivity contribution in [1.29, 1.82) is 0 Å². The number of aromatic nitrogens is 6. The lowest BCUT2D eigenvalue weighted by Crippen LogP contribution is -2.29. The van der Waals surface area contributed by atoms with Gasteiger partial charge in [0, 0.05) is 49.3 Å². The molecule has 0 aromatic carbocycles. The van der Waals surface area contributed by atoms with Crippen LogP contribution in [0.3, 0.4) is 0 Å². The van der Waals surface area contributed by atoms with Crippen LogP contribution in [-0.4, -0.2) is 47.3 Å². The molecule has 4 heterocycles. The third kappa shape index (κ3) is 4.34. The van der Waals surface area contributed by atoms with Crippen molar-refractivity contribution in [3.63, 3.8) is 0 Å². The molecule has 150 valence electrons. The minimum atomic E-state index is -0.0655. The van der Waals surface area contributed by atoms with E-state index in [4.69, 9.17) is 0 Å². The minimum absolute atomic E-state index is 0.0231. The maximum atomic E-state index is 12.8. The van der Waals surface area contributed by atoms with Crippen molar-refractivity contribution in [3.05, 3.63) is 53.4 Å². The molecule has 1 saturated heterocycles. The Morgan fingerprint density at radius 3 is 2.86 bits per heavy atom. The largest absolute Gasteiger partial charge is 0.331 e. The summed E-state index contributed by atoms with van der Waals surface area (Å²) in [6.07, 6.45) is 8.82. The topological polar surface area (TPSA) is 105 Å². The van der Waals surface area contributed by atoms with E-state index in [1.807, 2.05) is 44.1 Å². The van der Waals surface area contributed by atoms with Crippen molar-refractivity contribution in [2.75, 3.05) is 11.9 Å². The van der Waals surface area contributed by atoms with Crippen LogP contribution in [0.4, 0.5) is 11.6 Å². The number of aromatic amines is 1. The highest BCUT2D eigenvalue weighted by atomic mass is 16.2. The van der Waals surface area contributed by atoms with Gasteiger partial charge < -0.3 is 10.2 Å². The molecule has 29 heavy (non-hydrogen) atoms.